The van der Waals surface area contributed by atoms with Crippen LogP contribution in [0.5, 0.6) is 0 Å². The predicted octanol–water partition coefficient (Wildman–Crippen LogP) is 2.45. The minimum Gasteiger partial charge on any atom is -0.380 e. The van der Waals surface area contributed by atoms with Gasteiger partial charge in [-0.15, -0.1) is 0 Å². The van der Waals surface area contributed by atoms with Crippen molar-refractivity contribution in [1.29, 1.82) is 0 Å². The Morgan fingerprint density at radius 1 is 1.18 bits per heavy atom. The molecule has 3 nitrogen and oxygen atoms in total. The molecule has 1 N–H and O–H groups in total. The van der Waals surface area contributed by atoms with Crippen LogP contribution in [0.2, 0.25) is 0 Å². The quantitative estimate of drug-likeness (QED) is 0.697. The summed E-state index contributed by atoms with van der Waals surface area (Å²) in [5.41, 5.74) is 0. The summed E-state index contributed by atoms with van der Waals surface area (Å²) < 4.78 is 11.6. The minimum atomic E-state index is 0.328. The summed E-state index contributed by atoms with van der Waals surface area (Å²) in [4.78, 5) is 0. The van der Waals surface area contributed by atoms with Crippen molar-refractivity contribution < 1.29 is 9.47 Å². The van der Waals surface area contributed by atoms with Crippen LogP contribution in [0.4, 0.5) is 0 Å². The lowest BCUT2D eigenvalue weighted by atomic mass is 9.83. The monoisotopic (exact) mass is 243 g/mol. The Balaban J connectivity index is 2.55. The summed E-state index contributed by atoms with van der Waals surface area (Å²) in [6.07, 6.45) is 1.78. The number of hydrogen-bond donors (Lipinski definition) is 1. The van der Waals surface area contributed by atoms with E-state index in [-0.39, 0.29) is 0 Å². The van der Waals surface area contributed by atoms with Gasteiger partial charge >= 0.3 is 0 Å². The zero-order chi connectivity index (χ0) is 12.8. The molecular weight excluding hydrogens is 214 g/mol. The first-order valence-corrected chi connectivity index (χ1v) is 7.08. The molecule has 3 heteroatoms. The molecule has 0 spiro atoms. The Labute approximate surface area is 106 Å². The molecule has 1 fully saturated rings. The van der Waals surface area contributed by atoms with Crippen LogP contribution in [0.1, 0.15) is 41.0 Å². The Hall–Kier alpha value is -0.120. The lowest BCUT2D eigenvalue weighted by Gasteiger charge is -2.29. The van der Waals surface area contributed by atoms with E-state index in [4.69, 9.17) is 9.47 Å². The van der Waals surface area contributed by atoms with E-state index in [9.17, 15) is 0 Å². The maximum absolute atomic E-state index is 5.92. The van der Waals surface area contributed by atoms with Crippen LogP contribution in [0.25, 0.3) is 0 Å². The van der Waals surface area contributed by atoms with Gasteiger partial charge in [0, 0.05) is 18.6 Å². The molecule has 1 rings (SSSR count). The SMILES string of the molecule is CCCOCC(NCC)C1C(C)OC(C)C1C. The van der Waals surface area contributed by atoms with Gasteiger partial charge in [-0.05, 0) is 32.7 Å². The molecule has 1 heterocycles. The first-order chi connectivity index (χ1) is 8.11. The minimum absolute atomic E-state index is 0.328. The van der Waals surface area contributed by atoms with Crippen molar-refractivity contribution in [2.45, 2.75) is 59.3 Å². The number of ether oxygens (including phenoxy) is 2. The largest absolute Gasteiger partial charge is 0.380 e. The third kappa shape index (κ3) is 3.94. The highest BCUT2D eigenvalue weighted by atomic mass is 16.5. The summed E-state index contributed by atoms with van der Waals surface area (Å²) in [7, 11) is 0. The summed E-state index contributed by atoms with van der Waals surface area (Å²) in [5.74, 6) is 1.15. The number of likely N-dealkylation sites (N-methyl/N-ethyl adjacent to an activating group) is 1. The van der Waals surface area contributed by atoms with E-state index in [0.29, 0.717) is 30.1 Å². The molecule has 0 aromatic carbocycles. The zero-order valence-corrected chi connectivity index (χ0v) is 12.0. The molecule has 0 aromatic rings. The van der Waals surface area contributed by atoms with Gasteiger partial charge in [0.05, 0.1) is 18.8 Å². The number of nitrogens with one attached hydrogen (secondary N) is 1. The van der Waals surface area contributed by atoms with E-state index in [2.05, 4.69) is 39.9 Å². The second-order valence-electron chi connectivity index (χ2n) is 5.22. The summed E-state index contributed by atoms with van der Waals surface area (Å²) >= 11 is 0. The molecule has 1 saturated heterocycles. The Morgan fingerprint density at radius 3 is 2.35 bits per heavy atom. The molecule has 102 valence electrons. The van der Waals surface area contributed by atoms with E-state index >= 15 is 0 Å². The molecular formula is C14H29NO2. The van der Waals surface area contributed by atoms with Gasteiger partial charge in [0.15, 0.2) is 0 Å². The van der Waals surface area contributed by atoms with Crippen LogP contribution in [-0.2, 0) is 9.47 Å². The fourth-order valence-corrected chi connectivity index (χ4v) is 2.91. The highest BCUT2D eigenvalue weighted by Crippen LogP contribution is 2.34. The first-order valence-electron chi connectivity index (χ1n) is 7.08. The van der Waals surface area contributed by atoms with Crippen LogP contribution in [-0.4, -0.2) is 38.0 Å². The van der Waals surface area contributed by atoms with Gasteiger partial charge in [0.2, 0.25) is 0 Å². The van der Waals surface area contributed by atoms with Crippen LogP contribution < -0.4 is 5.32 Å². The molecule has 0 aromatic heterocycles. The Morgan fingerprint density at radius 2 is 1.88 bits per heavy atom. The van der Waals surface area contributed by atoms with Crippen molar-refractivity contribution in [1.82, 2.24) is 5.32 Å². The van der Waals surface area contributed by atoms with Crippen molar-refractivity contribution in [2.75, 3.05) is 19.8 Å². The molecule has 1 aliphatic heterocycles. The van der Waals surface area contributed by atoms with E-state index in [1.807, 2.05) is 0 Å². The zero-order valence-electron chi connectivity index (χ0n) is 12.0. The summed E-state index contributed by atoms with van der Waals surface area (Å²) in [6.45, 7) is 13.6. The number of hydrogen-bond acceptors (Lipinski definition) is 3. The van der Waals surface area contributed by atoms with Gasteiger partial charge in [-0.1, -0.05) is 20.8 Å². The lowest BCUT2D eigenvalue weighted by molar-refractivity contribution is 0.0366. The van der Waals surface area contributed by atoms with Gasteiger partial charge < -0.3 is 14.8 Å². The molecule has 0 aliphatic carbocycles. The van der Waals surface area contributed by atoms with E-state index in [1.165, 1.54) is 0 Å². The third-order valence-corrected chi connectivity index (χ3v) is 3.90. The number of rotatable bonds is 7. The summed E-state index contributed by atoms with van der Waals surface area (Å²) in [5, 5.41) is 3.56. The van der Waals surface area contributed by atoms with Gasteiger partial charge in [-0.2, -0.15) is 0 Å². The van der Waals surface area contributed by atoms with Crippen molar-refractivity contribution in [2.24, 2.45) is 11.8 Å². The van der Waals surface area contributed by atoms with Crippen LogP contribution in [0.15, 0.2) is 0 Å². The Bertz CT molecular complexity index is 210. The predicted molar refractivity (Wildman–Crippen MR) is 71.2 cm³/mol. The van der Waals surface area contributed by atoms with Crippen molar-refractivity contribution in [3.63, 3.8) is 0 Å². The molecule has 17 heavy (non-hydrogen) atoms. The average molecular weight is 243 g/mol. The third-order valence-electron chi connectivity index (χ3n) is 3.90. The fourth-order valence-electron chi connectivity index (χ4n) is 2.91. The molecule has 1 aliphatic rings. The Kier molecular flexibility index (Phi) is 6.45. The fraction of sp³-hybridized carbons (Fsp3) is 1.00. The van der Waals surface area contributed by atoms with Gasteiger partial charge in [0.1, 0.15) is 0 Å². The van der Waals surface area contributed by atoms with Gasteiger partial charge in [0.25, 0.3) is 0 Å². The summed E-state index contributed by atoms with van der Waals surface area (Å²) in [6, 6.07) is 0.418. The topological polar surface area (TPSA) is 30.5 Å². The van der Waals surface area contributed by atoms with E-state index in [1.54, 1.807) is 0 Å². The maximum Gasteiger partial charge on any atom is 0.0623 e. The van der Waals surface area contributed by atoms with E-state index in [0.717, 1.165) is 26.2 Å². The highest BCUT2D eigenvalue weighted by Gasteiger charge is 2.41. The van der Waals surface area contributed by atoms with Crippen LogP contribution in [0.3, 0.4) is 0 Å². The molecule has 0 bridgehead atoms. The van der Waals surface area contributed by atoms with Crippen molar-refractivity contribution in [3.05, 3.63) is 0 Å². The highest BCUT2D eigenvalue weighted by molar-refractivity contribution is 4.91. The van der Waals surface area contributed by atoms with Crippen LogP contribution >= 0.6 is 0 Å². The molecule has 5 unspecified atom stereocenters. The van der Waals surface area contributed by atoms with Crippen LogP contribution in [0, 0.1) is 11.8 Å². The standard InChI is InChI=1S/C14H29NO2/c1-6-8-16-9-13(15-7-2)14-10(3)11(4)17-12(14)5/h10-15H,6-9H2,1-5H3. The molecule has 0 amide bonds. The first kappa shape index (κ1) is 14.9. The molecule has 5 atom stereocenters. The molecule has 0 saturated carbocycles. The van der Waals surface area contributed by atoms with Gasteiger partial charge in [-0.25, -0.2) is 0 Å². The molecule has 0 radical (unpaired) electrons. The average Bonchev–Trinajstić information content (AvgIpc) is 2.53. The van der Waals surface area contributed by atoms with E-state index < -0.39 is 0 Å². The normalized spacial score (nSPS) is 35.1. The van der Waals surface area contributed by atoms with Crippen molar-refractivity contribution >= 4 is 0 Å². The second-order valence-corrected chi connectivity index (χ2v) is 5.22. The maximum atomic E-state index is 5.92. The second kappa shape index (κ2) is 7.34. The van der Waals surface area contributed by atoms with Gasteiger partial charge in [-0.3, -0.25) is 0 Å². The van der Waals surface area contributed by atoms with Crippen molar-refractivity contribution in [3.8, 4) is 0 Å². The smallest absolute Gasteiger partial charge is 0.0623 e. The lowest BCUT2D eigenvalue weighted by Crippen LogP contribution is -2.45.